The third-order valence-corrected chi connectivity index (χ3v) is 3.83. The number of amides is 1. The summed E-state index contributed by atoms with van der Waals surface area (Å²) in [4.78, 5) is 14.0. The van der Waals surface area contributed by atoms with Crippen LogP contribution in [0, 0.1) is 11.7 Å². The Morgan fingerprint density at radius 1 is 1.47 bits per heavy atom. The van der Waals surface area contributed by atoms with Crippen molar-refractivity contribution in [2.75, 3.05) is 13.1 Å². The molecule has 106 valence electrons. The number of benzene rings is 1. The molecule has 0 spiro atoms. The van der Waals surface area contributed by atoms with Gasteiger partial charge in [-0.1, -0.05) is 22.9 Å². The molecule has 2 N–H and O–H groups in total. The van der Waals surface area contributed by atoms with Gasteiger partial charge < -0.3 is 10.6 Å². The second-order valence-corrected chi connectivity index (χ2v) is 5.75. The summed E-state index contributed by atoms with van der Waals surface area (Å²) in [5.41, 5.74) is 6.30. The Balaban J connectivity index is 0.00000180. The molecule has 3 nitrogen and oxygen atoms in total. The molecule has 0 radical (unpaired) electrons. The maximum atomic E-state index is 13.3. The van der Waals surface area contributed by atoms with Crippen LogP contribution in [-0.2, 0) is 0 Å². The first-order chi connectivity index (χ1) is 8.47. The van der Waals surface area contributed by atoms with Gasteiger partial charge in [-0.3, -0.25) is 4.79 Å². The second-order valence-electron chi connectivity index (χ2n) is 4.84. The molecule has 6 heteroatoms. The van der Waals surface area contributed by atoms with Crippen molar-refractivity contribution in [1.82, 2.24) is 4.90 Å². The van der Waals surface area contributed by atoms with Gasteiger partial charge in [0.2, 0.25) is 0 Å². The lowest BCUT2D eigenvalue weighted by Crippen LogP contribution is -2.48. The lowest BCUT2D eigenvalue weighted by atomic mass is 9.94. The highest BCUT2D eigenvalue weighted by molar-refractivity contribution is 9.10. The minimum absolute atomic E-state index is 0. The summed E-state index contributed by atoms with van der Waals surface area (Å²) in [5, 5.41) is 0. The second kappa shape index (κ2) is 6.68. The first-order valence-corrected chi connectivity index (χ1v) is 6.77. The summed E-state index contributed by atoms with van der Waals surface area (Å²) >= 11 is 3.20. The smallest absolute Gasteiger partial charge is 0.254 e. The SMILES string of the molecule is CC1CN(C(=O)c2cc(F)cc(Br)c2)CCC1N.Cl. The normalized spacial score (nSPS) is 22.8. The molecule has 19 heavy (non-hydrogen) atoms. The van der Waals surface area contributed by atoms with Crippen LogP contribution in [0.1, 0.15) is 23.7 Å². The van der Waals surface area contributed by atoms with Crippen molar-refractivity contribution in [1.29, 1.82) is 0 Å². The molecule has 1 amide bonds. The van der Waals surface area contributed by atoms with Crippen molar-refractivity contribution in [2.24, 2.45) is 11.7 Å². The molecule has 2 rings (SSSR count). The van der Waals surface area contributed by atoms with E-state index in [4.69, 9.17) is 5.73 Å². The molecule has 1 saturated heterocycles. The van der Waals surface area contributed by atoms with Crippen LogP contribution in [0.5, 0.6) is 0 Å². The topological polar surface area (TPSA) is 46.3 Å². The summed E-state index contributed by atoms with van der Waals surface area (Å²) in [6.45, 7) is 3.30. The predicted molar refractivity (Wildman–Crippen MR) is 79.0 cm³/mol. The van der Waals surface area contributed by atoms with Gasteiger partial charge in [-0.2, -0.15) is 0 Å². The Bertz CT molecular complexity index is 452. The van der Waals surface area contributed by atoms with Crippen molar-refractivity contribution in [3.8, 4) is 0 Å². The number of nitrogens with zero attached hydrogens (tertiary/aromatic N) is 1. The molecular formula is C13H17BrClFN2O. The molecule has 2 atom stereocenters. The molecule has 0 aliphatic carbocycles. The van der Waals surface area contributed by atoms with Crippen molar-refractivity contribution in [2.45, 2.75) is 19.4 Å². The van der Waals surface area contributed by atoms with Gasteiger partial charge in [0.25, 0.3) is 5.91 Å². The van der Waals surface area contributed by atoms with E-state index in [-0.39, 0.29) is 30.3 Å². The first-order valence-electron chi connectivity index (χ1n) is 5.98. The number of piperidine rings is 1. The Kier molecular flexibility index (Phi) is 5.77. The minimum atomic E-state index is -0.408. The number of halogens is 3. The number of nitrogens with two attached hydrogens (primary N) is 1. The molecule has 1 heterocycles. The molecule has 1 aromatic rings. The van der Waals surface area contributed by atoms with Gasteiger partial charge in [-0.15, -0.1) is 12.4 Å². The highest BCUT2D eigenvalue weighted by Gasteiger charge is 2.27. The standard InChI is InChI=1S/C13H16BrFN2O.ClH/c1-8-7-17(3-2-12(8)16)13(18)9-4-10(14)6-11(15)5-9;/h4-6,8,12H,2-3,7,16H2,1H3;1H. The molecule has 2 unspecified atom stereocenters. The summed E-state index contributed by atoms with van der Waals surface area (Å²) in [6.07, 6.45) is 0.795. The molecular weight excluding hydrogens is 335 g/mol. The molecule has 0 bridgehead atoms. The Morgan fingerprint density at radius 2 is 2.16 bits per heavy atom. The summed E-state index contributed by atoms with van der Waals surface area (Å²) in [6, 6.07) is 4.40. The van der Waals surface area contributed by atoms with Crippen LogP contribution in [0.4, 0.5) is 4.39 Å². The van der Waals surface area contributed by atoms with Crippen LogP contribution in [0.15, 0.2) is 22.7 Å². The Labute approximate surface area is 126 Å². The van der Waals surface area contributed by atoms with E-state index in [1.165, 1.54) is 12.1 Å². The number of carbonyl (C=O) groups excluding carboxylic acids is 1. The number of rotatable bonds is 1. The van der Waals surface area contributed by atoms with Gasteiger partial charge >= 0.3 is 0 Å². The number of likely N-dealkylation sites (tertiary alicyclic amines) is 1. The van der Waals surface area contributed by atoms with E-state index in [1.54, 1.807) is 11.0 Å². The van der Waals surface area contributed by atoms with Crippen molar-refractivity contribution in [3.63, 3.8) is 0 Å². The molecule has 1 fully saturated rings. The third-order valence-electron chi connectivity index (χ3n) is 3.37. The molecule has 1 aliphatic heterocycles. The lowest BCUT2D eigenvalue weighted by molar-refractivity contribution is 0.0663. The van der Waals surface area contributed by atoms with Crippen molar-refractivity contribution in [3.05, 3.63) is 34.1 Å². The Morgan fingerprint density at radius 3 is 2.74 bits per heavy atom. The number of carbonyl (C=O) groups is 1. The van der Waals surface area contributed by atoms with Gasteiger partial charge in [0.05, 0.1) is 0 Å². The minimum Gasteiger partial charge on any atom is -0.338 e. The third kappa shape index (κ3) is 3.91. The molecule has 1 aliphatic rings. The quantitative estimate of drug-likeness (QED) is 0.845. The Hall–Kier alpha value is -0.650. The summed E-state index contributed by atoms with van der Waals surface area (Å²) < 4.78 is 13.9. The van der Waals surface area contributed by atoms with Crippen molar-refractivity contribution < 1.29 is 9.18 Å². The van der Waals surface area contributed by atoms with E-state index < -0.39 is 5.82 Å². The predicted octanol–water partition coefficient (Wildman–Crippen LogP) is 2.82. The van der Waals surface area contributed by atoms with Gasteiger partial charge in [0, 0.05) is 29.2 Å². The fraction of sp³-hybridized carbons (Fsp3) is 0.462. The van der Waals surface area contributed by atoms with E-state index in [0.29, 0.717) is 23.1 Å². The average molecular weight is 352 g/mol. The molecule has 1 aromatic carbocycles. The summed E-state index contributed by atoms with van der Waals surface area (Å²) in [7, 11) is 0. The van der Waals surface area contributed by atoms with Crippen LogP contribution >= 0.6 is 28.3 Å². The largest absolute Gasteiger partial charge is 0.338 e. The van der Waals surface area contributed by atoms with E-state index in [2.05, 4.69) is 15.9 Å². The van der Waals surface area contributed by atoms with Gasteiger partial charge in [0.15, 0.2) is 0 Å². The fourth-order valence-corrected chi connectivity index (χ4v) is 2.67. The van der Waals surface area contributed by atoms with Crippen LogP contribution < -0.4 is 5.73 Å². The van der Waals surface area contributed by atoms with Crippen LogP contribution in [0.2, 0.25) is 0 Å². The number of hydrogen-bond acceptors (Lipinski definition) is 2. The monoisotopic (exact) mass is 350 g/mol. The lowest BCUT2D eigenvalue weighted by Gasteiger charge is -2.35. The number of hydrogen-bond donors (Lipinski definition) is 1. The van der Waals surface area contributed by atoms with E-state index >= 15 is 0 Å². The van der Waals surface area contributed by atoms with Crippen molar-refractivity contribution >= 4 is 34.2 Å². The van der Waals surface area contributed by atoms with Crippen LogP contribution in [0.3, 0.4) is 0 Å². The molecule has 0 saturated carbocycles. The maximum Gasteiger partial charge on any atom is 0.254 e. The van der Waals surface area contributed by atoms with Crippen LogP contribution in [0.25, 0.3) is 0 Å². The average Bonchev–Trinajstić information content (AvgIpc) is 2.30. The van der Waals surface area contributed by atoms with E-state index in [9.17, 15) is 9.18 Å². The van der Waals surface area contributed by atoms with Gasteiger partial charge in [-0.05, 0) is 30.5 Å². The van der Waals surface area contributed by atoms with Crippen LogP contribution in [-0.4, -0.2) is 29.9 Å². The van der Waals surface area contributed by atoms with Gasteiger partial charge in [-0.25, -0.2) is 4.39 Å². The van der Waals surface area contributed by atoms with E-state index in [1.807, 2.05) is 6.92 Å². The summed E-state index contributed by atoms with van der Waals surface area (Å²) in [5.74, 6) is -0.261. The first kappa shape index (κ1) is 16.4. The highest BCUT2D eigenvalue weighted by Crippen LogP contribution is 2.20. The zero-order valence-corrected chi connectivity index (χ0v) is 13.0. The fourth-order valence-electron chi connectivity index (χ4n) is 2.21. The maximum absolute atomic E-state index is 13.3. The molecule has 0 aromatic heterocycles. The zero-order valence-electron chi connectivity index (χ0n) is 10.6. The van der Waals surface area contributed by atoms with Gasteiger partial charge in [0.1, 0.15) is 5.82 Å². The van der Waals surface area contributed by atoms with E-state index in [0.717, 1.165) is 6.42 Å². The zero-order chi connectivity index (χ0) is 13.3. The highest BCUT2D eigenvalue weighted by atomic mass is 79.9.